The van der Waals surface area contributed by atoms with Gasteiger partial charge in [-0.1, -0.05) is 38.1 Å². The molecule has 1 N–H and O–H groups in total. The topological polar surface area (TPSA) is 55.8 Å². The summed E-state index contributed by atoms with van der Waals surface area (Å²) in [6.45, 7) is 10.8. The normalized spacial score (nSPS) is 27.1. The number of rotatable bonds is 4. The van der Waals surface area contributed by atoms with Gasteiger partial charge in [0.1, 0.15) is 11.4 Å². The number of hydrogen-bond acceptors (Lipinski definition) is 3. The quantitative estimate of drug-likeness (QED) is 0.674. The van der Waals surface area contributed by atoms with Crippen molar-refractivity contribution in [2.45, 2.75) is 71.2 Å². The Morgan fingerprint density at radius 2 is 1.87 bits per heavy atom. The van der Waals surface area contributed by atoms with Crippen LogP contribution in [0.3, 0.4) is 0 Å². The van der Waals surface area contributed by atoms with Gasteiger partial charge in [0.05, 0.1) is 17.8 Å². The highest BCUT2D eigenvalue weighted by molar-refractivity contribution is 5.88. The third-order valence-corrected chi connectivity index (χ3v) is 6.68. The molecule has 1 fully saturated rings. The maximum absolute atomic E-state index is 11.5. The number of fused-ring (bicyclic) bond motifs is 3. The highest BCUT2D eigenvalue weighted by atomic mass is 16.5. The second kappa shape index (κ2) is 7.73. The third-order valence-electron chi connectivity index (χ3n) is 6.68. The second-order valence-corrected chi connectivity index (χ2v) is 9.81. The molecular formula is C26H32O4. The van der Waals surface area contributed by atoms with Crippen molar-refractivity contribution in [2.75, 3.05) is 0 Å². The molecule has 4 atom stereocenters. The number of carboxylic acid groups (broad SMARTS) is 1. The third kappa shape index (κ3) is 3.85. The summed E-state index contributed by atoms with van der Waals surface area (Å²) in [6.07, 6.45) is 1.91. The second-order valence-electron chi connectivity index (χ2n) is 9.81. The SMILES string of the molecule is CC(C)Cc1ccc([C@H]2C[C@H]3[C@H](O[C@H]2C)c2cc(C(=O)O)ccc2OC3(C)C)cc1. The van der Waals surface area contributed by atoms with Crippen molar-refractivity contribution < 1.29 is 19.4 Å². The maximum Gasteiger partial charge on any atom is 0.335 e. The van der Waals surface area contributed by atoms with Crippen LogP contribution in [0.1, 0.15) is 80.1 Å². The fourth-order valence-electron chi connectivity index (χ4n) is 5.08. The monoisotopic (exact) mass is 408 g/mol. The molecule has 0 aliphatic carbocycles. The highest BCUT2D eigenvalue weighted by Crippen LogP contribution is 2.53. The summed E-state index contributed by atoms with van der Waals surface area (Å²) in [5, 5.41) is 9.42. The number of carboxylic acids is 1. The van der Waals surface area contributed by atoms with Gasteiger partial charge in [-0.05, 0) is 68.9 Å². The molecule has 0 aromatic heterocycles. The maximum atomic E-state index is 11.5. The van der Waals surface area contributed by atoms with Crippen molar-refractivity contribution in [3.63, 3.8) is 0 Å². The predicted octanol–water partition coefficient (Wildman–Crippen LogP) is 6.00. The average Bonchev–Trinajstić information content (AvgIpc) is 2.67. The van der Waals surface area contributed by atoms with Crippen molar-refractivity contribution >= 4 is 5.97 Å². The molecule has 0 radical (unpaired) electrons. The van der Waals surface area contributed by atoms with Crippen LogP contribution in [0.2, 0.25) is 0 Å². The van der Waals surface area contributed by atoms with Crippen LogP contribution in [0.5, 0.6) is 5.75 Å². The molecule has 0 saturated carbocycles. The van der Waals surface area contributed by atoms with E-state index in [-0.39, 0.29) is 29.6 Å². The van der Waals surface area contributed by atoms with Crippen molar-refractivity contribution in [3.8, 4) is 5.75 Å². The van der Waals surface area contributed by atoms with Crippen LogP contribution in [0.4, 0.5) is 0 Å². The standard InChI is InChI=1S/C26H32O4/c1-15(2)12-17-6-8-18(9-7-17)20-14-22-24(29-16(20)3)21-13-19(25(27)28)10-11-23(21)30-26(22,4)5/h6-11,13,15-16,20,22,24H,12,14H2,1-5H3,(H,27,28)/t16-,20-,22-,24+/m0/s1. The largest absolute Gasteiger partial charge is 0.487 e. The van der Waals surface area contributed by atoms with Gasteiger partial charge in [0.25, 0.3) is 0 Å². The van der Waals surface area contributed by atoms with Crippen LogP contribution in [0.15, 0.2) is 42.5 Å². The molecule has 2 aromatic carbocycles. The van der Waals surface area contributed by atoms with E-state index in [0.717, 1.165) is 24.2 Å². The van der Waals surface area contributed by atoms with Gasteiger partial charge in [0.15, 0.2) is 0 Å². The zero-order valence-corrected chi connectivity index (χ0v) is 18.5. The van der Waals surface area contributed by atoms with Gasteiger partial charge in [-0.25, -0.2) is 4.79 Å². The summed E-state index contributed by atoms with van der Waals surface area (Å²) >= 11 is 0. The molecule has 2 aliphatic rings. The van der Waals surface area contributed by atoms with Crippen molar-refractivity contribution in [3.05, 3.63) is 64.7 Å². The van der Waals surface area contributed by atoms with Crippen LogP contribution < -0.4 is 4.74 Å². The smallest absolute Gasteiger partial charge is 0.335 e. The fraction of sp³-hybridized carbons (Fsp3) is 0.500. The van der Waals surface area contributed by atoms with Crippen LogP contribution in [0.25, 0.3) is 0 Å². The summed E-state index contributed by atoms with van der Waals surface area (Å²) in [6, 6.07) is 14.1. The van der Waals surface area contributed by atoms with E-state index < -0.39 is 11.6 Å². The van der Waals surface area contributed by atoms with E-state index in [1.807, 2.05) is 0 Å². The van der Waals surface area contributed by atoms with Gasteiger partial charge in [-0.3, -0.25) is 0 Å². The number of carbonyl (C=O) groups is 1. The first-order valence-electron chi connectivity index (χ1n) is 11.0. The molecule has 4 rings (SSSR count). The first-order chi connectivity index (χ1) is 14.2. The molecule has 0 bridgehead atoms. The number of ether oxygens (including phenoxy) is 2. The molecule has 4 nitrogen and oxygen atoms in total. The molecule has 30 heavy (non-hydrogen) atoms. The Balaban J connectivity index is 1.64. The summed E-state index contributed by atoms with van der Waals surface area (Å²) in [7, 11) is 0. The van der Waals surface area contributed by atoms with Crippen molar-refractivity contribution in [2.24, 2.45) is 11.8 Å². The van der Waals surface area contributed by atoms with Crippen LogP contribution in [0, 0.1) is 11.8 Å². The van der Waals surface area contributed by atoms with E-state index in [9.17, 15) is 9.90 Å². The van der Waals surface area contributed by atoms with E-state index in [0.29, 0.717) is 5.92 Å². The minimum absolute atomic E-state index is 0.0393. The van der Waals surface area contributed by atoms with Crippen molar-refractivity contribution in [1.82, 2.24) is 0 Å². The highest BCUT2D eigenvalue weighted by Gasteiger charge is 2.50. The summed E-state index contributed by atoms with van der Waals surface area (Å²) in [5.41, 5.74) is 3.41. The summed E-state index contributed by atoms with van der Waals surface area (Å²) in [5.74, 6) is 0.874. The van der Waals surface area contributed by atoms with E-state index in [1.165, 1.54) is 11.1 Å². The van der Waals surface area contributed by atoms with Gasteiger partial charge in [0.2, 0.25) is 0 Å². The fourth-order valence-corrected chi connectivity index (χ4v) is 5.08. The lowest BCUT2D eigenvalue weighted by Gasteiger charge is -2.50. The number of aromatic carboxylic acids is 1. The molecule has 2 aromatic rings. The van der Waals surface area contributed by atoms with E-state index >= 15 is 0 Å². The molecule has 0 unspecified atom stereocenters. The van der Waals surface area contributed by atoms with Gasteiger partial charge < -0.3 is 14.6 Å². The van der Waals surface area contributed by atoms with E-state index in [2.05, 4.69) is 58.9 Å². The summed E-state index contributed by atoms with van der Waals surface area (Å²) in [4.78, 5) is 11.5. The minimum Gasteiger partial charge on any atom is -0.487 e. The van der Waals surface area contributed by atoms with Gasteiger partial charge in [-0.15, -0.1) is 0 Å². The Kier molecular flexibility index (Phi) is 5.39. The Hall–Kier alpha value is -2.33. The van der Waals surface area contributed by atoms with E-state index in [4.69, 9.17) is 9.47 Å². The number of hydrogen-bond donors (Lipinski definition) is 1. The summed E-state index contributed by atoms with van der Waals surface area (Å²) < 4.78 is 12.9. The number of benzene rings is 2. The molecule has 2 aliphatic heterocycles. The Morgan fingerprint density at radius 1 is 1.17 bits per heavy atom. The lowest BCUT2D eigenvalue weighted by molar-refractivity contribution is -0.153. The Bertz CT molecular complexity index is 929. The molecule has 2 heterocycles. The van der Waals surface area contributed by atoms with Crippen LogP contribution in [-0.2, 0) is 11.2 Å². The zero-order valence-electron chi connectivity index (χ0n) is 18.5. The molecule has 0 amide bonds. The lowest BCUT2D eigenvalue weighted by atomic mass is 9.70. The zero-order chi connectivity index (χ0) is 21.6. The lowest BCUT2D eigenvalue weighted by Crippen LogP contribution is -2.50. The molecule has 1 saturated heterocycles. The van der Waals surface area contributed by atoms with Gasteiger partial charge in [0, 0.05) is 17.4 Å². The first-order valence-corrected chi connectivity index (χ1v) is 11.0. The van der Waals surface area contributed by atoms with E-state index in [1.54, 1.807) is 18.2 Å². The Morgan fingerprint density at radius 3 is 2.50 bits per heavy atom. The molecule has 4 heteroatoms. The predicted molar refractivity (Wildman–Crippen MR) is 117 cm³/mol. The average molecular weight is 409 g/mol. The molecule has 0 spiro atoms. The van der Waals surface area contributed by atoms with Gasteiger partial charge >= 0.3 is 5.97 Å². The minimum atomic E-state index is -0.928. The van der Waals surface area contributed by atoms with Crippen LogP contribution in [-0.4, -0.2) is 22.8 Å². The molecular weight excluding hydrogens is 376 g/mol. The first kappa shape index (κ1) is 20.9. The molecule has 160 valence electrons. The van der Waals surface area contributed by atoms with Gasteiger partial charge in [-0.2, -0.15) is 0 Å². The van der Waals surface area contributed by atoms with Crippen LogP contribution >= 0.6 is 0 Å². The van der Waals surface area contributed by atoms with Crippen molar-refractivity contribution in [1.29, 1.82) is 0 Å². The Labute approximate surface area is 179 Å².